The fourth-order valence-corrected chi connectivity index (χ4v) is 2.28. The molecule has 0 fully saturated rings. The summed E-state index contributed by atoms with van der Waals surface area (Å²) in [5.41, 5.74) is 4.15. The highest BCUT2D eigenvalue weighted by molar-refractivity contribution is 6.10. The zero-order valence-corrected chi connectivity index (χ0v) is 13.9. The van der Waals surface area contributed by atoms with Gasteiger partial charge in [-0.25, -0.2) is 0 Å². The smallest absolute Gasteiger partial charge is 0.237 e. The third-order valence-corrected chi connectivity index (χ3v) is 3.66. The van der Waals surface area contributed by atoms with Crippen LogP contribution in [0.1, 0.15) is 32.6 Å². The lowest BCUT2D eigenvalue weighted by Crippen LogP contribution is -1.98. The van der Waals surface area contributed by atoms with Gasteiger partial charge in [-0.15, -0.1) is 0 Å². The molecule has 0 aliphatic rings. The molecule has 0 atom stereocenters. The zero-order valence-electron chi connectivity index (χ0n) is 13.9. The molecule has 0 N–H and O–H groups in total. The Kier molecular flexibility index (Phi) is 5.10. The third-order valence-electron chi connectivity index (χ3n) is 3.66. The normalized spacial score (nSPS) is 9.32. The molecule has 3 rings (SSSR count). The number of rotatable bonds is 1. The molecule has 25 heavy (non-hydrogen) atoms. The van der Waals surface area contributed by atoms with E-state index >= 15 is 0 Å². The molecule has 0 amide bonds. The van der Waals surface area contributed by atoms with Crippen LogP contribution in [0.15, 0.2) is 78.9 Å². The van der Waals surface area contributed by atoms with Gasteiger partial charge in [0.2, 0.25) is 5.78 Å². The molecule has 1 nitrogen and oxygen atoms in total. The summed E-state index contributed by atoms with van der Waals surface area (Å²) in [6.07, 6.45) is 0. The van der Waals surface area contributed by atoms with Crippen LogP contribution in [0, 0.1) is 30.6 Å². The molecule has 0 saturated carbocycles. The first-order valence-electron chi connectivity index (χ1n) is 8.01. The summed E-state index contributed by atoms with van der Waals surface area (Å²) < 4.78 is 0. The van der Waals surface area contributed by atoms with Crippen LogP contribution in [0.5, 0.6) is 0 Å². The monoisotopic (exact) mass is 320 g/mol. The van der Waals surface area contributed by atoms with Crippen LogP contribution >= 0.6 is 0 Å². The van der Waals surface area contributed by atoms with Crippen molar-refractivity contribution >= 4 is 5.78 Å². The number of hydrogen-bond acceptors (Lipinski definition) is 1. The van der Waals surface area contributed by atoms with E-state index in [1.807, 2.05) is 79.7 Å². The Hall–Kier alpha value is -3.55. The van der Waals surface area contributed by atoms with E-state index in [0.29, 0.717) is 11.1 Å². The molecule has 0 unspecified atom stereocenters. The van der Waals surface area contributed by atoms with Crippen molar-refractivity contribution in [2.24, 2.45) is 0 Å². The van der Waals surface area contributed by atoms with Gasteiger partial charge in [0.1, 0.15) is 0 Å². The minimum atomic E-state index is -0.224. The number of aryl methyl sites for hydroxylation is 1. The number of carbonyl (C=O) groups excluding carboxylic acids is 1. The van der Waals surface area contributed by atoms with Crippen LogP contribution < -0.4 is 0 Å². The maximum Gasteiger partial charge on any atom is 0.237 e. The minimum Gasteiger partial charge on any atom is -0.279 e. The van der Waals surface area contributed by atoms with Crippen molar-refractivity contribution in [3.63, 3.8) is 0 Å². The maximum atomic E-state index is 12.5. The first kappa shape index (κ1) is 16.3. The van der Waals surface area contributed by atoms with Crippen molar-refractivity contribution in [1.82, 2.24) is 0 Å². The largest absolute Gasteiger partial charge is 0.279 e. The third kappa shape index (κ3) is 4.47. The van der Waals surface area contributed by atoms with Gasteiger partial charge in [-0.2, -0.15) is 0 Å². The van der Waals surface area contributed by atoms with Crippen molar-refractivity contribution in [3.8, 4) is 23.7 Å². The molecule has 0 radical (unpaired) electrons. The van der Waals surface area contributed by atoms with Gasteiger partial charge >= 0.3 is 0 Å². The average Bonchev–Trinajstić information content (AvgIpc) is 2.67. The molecule has 1 heteroatoms. The lowest BCUT2D eigenvalue weighted by molar-refractivity contribution is 0.105. The topological polar surface area (TPSA) is 17.1 Å². The Morgan fingerprint density at radius 2 is 1.32 bits per heavy atom. The SMILES string of the molecule is Cc1ccc(C#Cc2ccccc2C(=O)C#Cc2ccccc2)cc1. The molecule has 0 saturated heterocycles. The zero-order chi connectivity index (χ0) is 17.5. The van der Waals surface area contributed by atoms with Gasteiger partial charge in [-0.1, -0.05) is 65.8 Å². The van der Waals surface area contributed by atoms with Crippen LogP contribution in [0.3, 0.4) is 0 Å². The predicted molar refractivity (Wildman–Crippen MR) is 101 cm³/mol. The summed E-state index contributed by atoms with van der Waals surface area (Å²) in [7, 11) is 0. The summed E-state index contributed by atoms with van der Waals surface area (Å²) in [4.78, 5) is 12.5. The Balaban J connectivity index is 1.88. The van der Waals surface area contributed by atoms with E-state index in [0.717, 1.165) is 11.1 Å². The molecular formula is C24H16O. The molecule has 0 aliphatic carbocycles. The molecular weight excluding hydrogens is 304 g/mol. The number of carbonyl (C=O) groups is 1. The minimum absolute atomic E-state index is 0.224. The van der Waals surface area contributed by atoms with Crippen LogP contribution in [0.2, 0.25) is 0 Å². The summed E-state index contributed by atoms with van der Waals surface area (Å²) in [6.45, 7) is 2.04. The molecule has 3 aromatic carbocycles. The summed E-state index contributed by atoms with van der Waals surface area (Å²) >= 11 is 0. The molecule has 0 bridgehead atoms. The fourth-order valence-electron chi connectivity index (χ4n) is 2.28. The van der Waals surface area contributed by atoms with Gasteiger partial charge in [-0.05, 0) is 49.2 Å². The average molecular weight is 320 g/mol. The van der Waals surface area contributed by atoms with E-state index in [4.69, 9.17) is 0 Å². The molecule has 0 aliphatic heterocycles. The summed E-state index contributed by atoms with van der Waals surface area (Å²) in [6, 6.07) is 24.8. The van der Waals surface area contributed by atoms with Crippen LogP contribution in [0.4, 0.5) is 0 Å². The first-order valence-corrected chi connectivity index (χ1v) is 8.01. The number of benzene rings is 3. The first-order chi connectivity index (χ1) is 12.2. The van der Waals surface area contributed by atoms with E-state index in [1.54, 1.807) is 6.07 Å². The number of ketones is 1. The van der Waals surface area contributed by atoms with Crippen LogP contribution in [-0.2, 0) is 0 Å². The van der Waals surface area contributed by atoms with Gasteiger partial charge in [0.15, 0.2) is 0 Å². The Morgan fingerprint density at radius 3 is 2.08 bits per heavy atom. The van der Waals surface area contributed by atoms with Crippen molar-refractivity contribution in [2.75, 3.05) is 0 Å². The second kappa shape index (κ2) is 7.82. The standard InChI is InChI=1S/C24H16O/c1-19-11-13-21(14-12-19)15-17-22-9-5-6-10-23(22)24(25)18-16-20-7-3-2-4-8-20/h2-14H,1H3. The highest BCUT2D eigenvalue weighted by Gasteiger charge is 2.06. The molecule has 118 valence electrons. The van der Waals surface area contributed by atoms with E-state index in [2.05, 4.69) is 23.7 Å². The van der Waals surface area contributed by atoms with Gasteiger partial charge in [0, 0.05) is 22.3 Å². The fraction of sp³-hybridized carbons (Fsp3) is 0.0417. The highest BCUT2D eigenvalue weighted by atomic mass is 16.1. The van der Waals surface area contributed by atoms with Gasteiger partial charge in [-0.3, -0.25) is 4.79 Å². The maximum absolute atomic E-state index is 12.5. The quantitative estimate of drug-likeness (QED) is 0.472. The second-order valence-electron chi connectivity index (χ2n) is 5.61. The summed E-state index contributed by atoms with van der Waals surface area (Å²) in [5, 5.41) is 0. The van der Waals surface area contributed by atoms with E-state index in [1.165, 1.54) is 5.56 Å². The lowest BCUT2D eigenvalue weighted by atomic mass is 10.0. The molecule has 0 spiro atoms. The molecule has 0 aromatic heterocycles. The van der Waals surface area contributed by atoms with Crippen molar-refractivity contribution in [1.29, 1.82) is 0 Å². The van der Waals surface area contributed by atoms with Crippen molar-refractivity contribution < 1.29 is 4.79 Å². The summed E-state index contributed by atoms with van der Waals surface area (Å²) in [5.74, 6) is 11.6. The highest BCUT2D eigenvalue weighted by Crippen LogP contribution is 2.09. The Labute approximate surface area is 148 Å². The number of hydrogen-bond donors (Lipinski definition) is 0. The van der Waals surface area contributed by atoms with E-state index in [-0.39, 0.29) is 5.78 Å². The lowest BCUT2D eigenvalue weighted by Gasteiger charge is -1.98. The van der Waals surface area contributed by atoms with Crippen LogP contribution in [0.25, 0.3) is 0 Å². The van der Waals surface area contributed by atoms with Gasteiger partial charge in [0.25, 0.3) is 0 Å². The van der Waals surface area contributed by atoms with Crippen LogP contribution in [-0.4, -0.2) is 5.78 Å². The molecule has 3 aromatic rings. The number of Topliss-reactive ketones (excluding diaryl/α,β-unsaturated/α-hetero) is 1. The van der Waals surface area contributed by atoms with Gasteiger partial charge < -0.3 is 0 Å². The second-order valence-corrected chi connectivity index (χ2v) is 5.61. The van der Waals surface area contributed by atoms with Crippen molar-refractivity contribution in [3.05, 3.63) is 107 Å². The molecule has 0 heterocycles. The predicted octanol–water partition coefficient (Wildman–Crippen LogP) is 4.63. The van der Waals surface area contributed by atoms with Crippen molar-refractivity contribution in [2.45, 2.75) is 6.92 Å². The Bertz CT molecular complexity index is 1000. The Morgan fingerprint density at radius 1 is 0.680 bits per heavy atom. The van der Waals surface area contributed by atoms with Gasteiger partial charge in [0.05, 0.1) is 0 Å². The van der Waals surface area contributed by atoms with E-state index in [9.17, 15) is 4.79 Å². The van der Waals surface area contributed by atoms with E-state index < -0.39 is 0 Å².